The fourth-order valence-corrected chi connectivity index (χ4v) is 5.48. The molecule has 2 heterocycles. The minimum Gasteiger partial charge on any atom is -0.444 e. The van der Waals surface area contributed by atoms with Crippen molar-refractivity contribution in [1.82, 2.24) is 9.88 Å². The molecule has 1 aromatic carbocycles. The number of benzene rings is 1. The van der Waals surface area contributed by atoms with E-state index in [0.717, 1.165) is 17.5 Å². The molecule has 1 saturated heterocycles. The average molecular weight is 412 g/mol. The largest absolute Gasteiger partial charge is 0.444 e. The zero-order chi connectivity index (χ0) is 19.8. The van der Waals surface area contributed by atoms with Crippen molar-refractivity contribution in [2.45, 2.75) is 49.6 Å². The number of nitro benzene ring substituents is 1. The van der Waals surface area contributed by atoms with Gasteiger partial charge < -0.3 is 9.64 Å². The number of fused-ring (bicyclic) bond motifs is 1. The van der Waals surface area contributed by atoms with Crippen LogP contribution in [-0.2, 0) is 15.5 Å². The summed E-state index contributed by atoms with van der Waals surface area (Å²) in [5.41, 5.74) is -0.157. The van der Waals surface area contributed by atoms with Gasteiger partial charge in [0.2, 0.25) is 0 Å². The summed E-state index contributed by atoms with van der Waals surface area (Å²) in [6.45, 7) is 6.03. The fraction of sp³-hybridized carbons (Fsp3) is 0.529. The number of carbonyl (C=O) groups excluding carboxylic acids is 1. The Morgan fingerprint density at radius 3 is 2.89 bits per heavy atom. The maximum absolute atomic E-state index is 12.8. The third-order valence-electron chi connectivity index (χ3n) is 4.11. The molecule has 2 aromatic rings. The summed E-state index contributed by atoms with van der Waals surface area (Å²) in [7, 11) is -1.40. The molecule has 0 radical (unpaired) electrons. The van der Waals surface area contributed by atoms with Crippen LogP contribution in [0.2, 0.25) is 0 Å². The quantitative estimate of drug-likeness (QED) is 0.561. The van der Waals surface area contributed by atoms with Crippen molar-refractivity contribution < 1.29 is 18.7 Å². The molecule has 1 aliphatic heterocycles. The lowest BCUT2D eigenvalue weighted by atomic mass is 10.2. The summed E-state index contributed by atoms with van der Waals surface area (Å²) in [5, 5.41) is 10.9. The Kier molecular flexibility index (Phi) is 5.48. The van der Waals surface area contributed by atoms with Gasteiger partial charge in [-0.25, -0.2) is 9.78 Å². The zero-order valence-electron chi connectivity index (χ0n) is 15.3. The lowest BCUT2D eigenvalue weighted by Gasteiger charge is -2.28. The first-order chi connectivity index (χ1) is 12.6. The van der Waals surface area contributed by atoms with E-state index in [0.29, 0.717) is 16.4 Å². The highest BCUT2D eigenvalue weighted by Crippen LogP contribution is 2.29. The Morgan fingerprint density at radius 2 is 2.22 bits per heavy atom. The van der Waals surface area contributed by atoms with E-state index >= 15 is 0 Å². The highest BCUT2D eigenvalue weighted by Gasteiger charge is 2.33. The number of thiazole rings is 1. The molecular formula is C17H21N3O5S2. The highest BCUT2D eigenvalue weighted by atomic mass is 32.2. The number of non-ortho nitro benzene ring substituents is 1. The molecule has 27 heavy (non-hydrogen) atoms. The second-order valence-corrected chi connectivity index (χ2v) is 10.1. The molecule has 1 fully saturated rings. The monoisotopic (exact) mass is 411 g/mol. The number of likely N-dealkylation sites (tertiary alicyclic amines) is 1. The van der Waals surface area contributed by atoms with Gasteiger partial charge >= 0.3 is 6.09 Å². The summed E-state index contributed by atoms with van der Waals surface area (Å²) in [4.78, 5) is 28.7. The first-order valence-electron chi connectivity index (χ1n) is 8.57. The molecule has 3 rings (SSSR count). The van der Waals surface area contributed by atoms with E-state index in [4.69, 9.17) is 4.74 Å². The second-order valence-electron chi connectivity index (χ2n) is 7.37. The number of carbonyl (C=O) groups is 1. The Bertz CT molecular complexity index is 906. The Hall–Kier alpha value is -2.07. The molecule has 1 amide bonds. The third-order valence-corrected chi connectivity index (χ3v) is 6.91. The average Bonchev–Trinajstić information content (AvgIpc) is 3.18. The van der Waals surface area contributed by atoms with Crippen LogP contribution < -0.4 is 0 Å². The van der Waals surface area contributed by atoms with E-state index in [1.54, 1.807) is 11.0 Å². The van der Waals surface area contributed by atoms with Gasteiger partial charge in [0, 0.05) is 24.7 Å². The Morgan fingerprint density at radius 1 is 1.48 bits per heavy atom. The van der Waals surface area contributed by atoms with Crippen molar-refractivity contribution in [3.8, 4) is 0 Å². The lowest BCUT2D eigenvalue weighted by molar-refractivity contribution is -0.384. The van der Waals surface area contributed by atoms with Crippen LogP contribution in [0, 0.1) is 10.1 Å². The molecule has 0 aliphatic carbocycles. The number of amides is 1. The van der Waals surface area contributed by atoms with Crippen molar-refractivity contribution in [1.29, 1.82) is 0 Å². The molecule has 1 aromatic heterocycles. The normalized spacial score (nSPS) is 18.6. The number of rotatable bonds is 4. The van der Waals surface area contributed by atoms with Crippen LogP contribution in [0.15, 0.2) is 22.5 Å². The van der Waals surface area contributed by atoms with Gasteiger partial charge in [-0.2, -0.15) is 0 Å². The smallest absolute Gasteiger partial charge is 0.410 e. The first-order valence-corrected chi connectivity index (χ1v) is 10.7. The molecule has 10 heteroatoms. The number of hydrogen-bond donors (Lipinski definition) is 0. The van der Waals surface area contributed by atoms with Crippen LogP contribution in [0.5, 0.6) is 0 Å². The van der Waals surface area contributed by atoms with Crippen LogP contribution in [-0.4, -0.2) is 49.0 Å². The molecular weight excluding hydrogens is 390 g/mol. The molecule has 0 bridgehead atoms. The van der Waals surface area contributed by atoms with Crippen LogP contribution in [0.1, 0.15) is 33.6 Å². The van der Waals surface area contributed by atoms with Gasteiger partial charge in [-0.3, -0.25) is 14.3 Å². The molecule has 0 spiro atoms. The Labute approximate surface area is 163 Å². The maximum atomic E-state index is 12.8. The van der Waals surface area contributed by atoms with Gasteiger partial charge in [0.15, 0.2) is 4.34 Å². The van der Waals surface area contributed by atoms with Crippen LogP contribution in [0.25, 0.3) is 10.2 Å². The number of ether oxygens (including phenoxy) is 1. The van der Waals surface area contributed by atoms with Crippen molar-refractivity contribution in [3.63, 3.8) is 0 Å². The molecule has 0 saturated carbocycles. The summed E-state index contributed by atoms with van der Waals surface area (Å²) >= 11 is 1.26. The van der Waals surface area contributed by atoms with Gasteiger partial charge in [-0.05, 0) is 39.7 Å². The van der Waals surface area contributed by atoms with E-state index in [1.165, 1.54) is 23.5 Å². The van der Waals surface area contributed by atoms with Crippen LogP contribution in [0.4, 0.5) is 10.5 Å². The summed E-state index contributed by atoms with van der Waals surface area (Å²) in [6, 6.07) is 4.25. The highest BCUT2D eigenvalue weighted by molar-refractivity contribution is 7.87. The summed E-state index contributed by atoms with van der Waals surface area (Å²) in [5.74, 6) is 0.279. The predicted octanol–water partition coefficient (Wildman–Crippen LogP) is 3.71. The van der Waals surface area contributed by atoms with E-state index in [-0.39, 0.29) is 23.6 Å². The SMILES string of the molecule is CC(C)(C)OC(=O)N1CCC[C@H]1C[S@](=O)c1nc2cc([N+](=O)[O-])ccc2s1. The van der Waals surface area contributed by atoms with E-state index in [2.05, 4.69) is 4.98 Å². The summed E-state index contributed by atoms with van der Waals surface area (Å²) in [6.07, 6.45) is 1.22. The van der Waals surface area contributed by atoms with Gasteiger partial charge in [0.05, 0.1) is 31.7 Å². The maximum Gasteiger partial charge on any atom is 0.410 e. The molecule has 2 atom stereocenters. The van der Waals surface area contributed by atoms with E-state index in [9.17, 15) is 19.1 Å². The van der Waals surface area contributed by atoms with E-state index in [1.807, 2.05) is 20.8 Å². The molecule has 1 aliphatic rings. The van der Waals surface area contributed by atoms with Crippen molar-refractivity contribution in [3.05, 3.63) is 28.3 Å². The number of hydrogen-bond acceptors (Lipinski definition) is 7. The molecule has 0 unspecified atom stereocenters. The number of aromatic nitrogens is 1. The number of nitro groups is 1. The first kappa shape index (κ1) is 19.7. The minimum atomic E-state index is -1.40. The summed E-state index contributed by atoms with van der Waals surface area (Å²) < 4.78 is 19.4. The van der Waals surface area contributed by atoms with Crippen molar-refractivity contribution in [2.75, 3.05) is 12.3 Å². The van der Waals surface area contributed by atoms with Gasteiger partial charge in [0.25, 0.3) is 5.69 Å². The Balaban J connectivity index is 1.73. The second kappa shape index (κ2) is 7.51. The standard InChI is InChI=1S/C17H21N3O5S2/c1-17(2,3)25-16(21)19-8-4-5-12(19)10-27(24)15-18-13-9-11(20(22)23)6-7-14(13)26-15/h6-7,9,12H,4-5,8,10H2,1-3H3/t12-,27-/m0/s1. The van der Waals surface area contributed by atoms with Gasteiger partial charge in [-0.1, -0.05) is 0 Å². The third kappa shape index (κ3) is 4.62. The van der Waals surface area contributed by atoms with Crippen LogP contribution in [0.3, 0.4) is 0 Å². The zero-order valence-corrected chi connectivity index (χ0v) is 17.0. The molecule has 8 nitrogen and oxygen atoms in total. The predicted molar refractivity (Wildman–Crippen MR) is 104 cm³/mol. The van der Waals surface area contributed by atoms with Crippen LogP contribution >= 0.6 is 11.3 Å². The topological polar surface area (TPSA) is 103 Å². The van der Waals surface area contributed by atoms with E-state index < -0.39 is 21.3 Å². The lowest BCUT2D eigenvalue weighted by Crippen LogP contribution is -2.42. The minimum absolute atomic E-state index is 0.0444. The van der Waals surface area contributed by atoms with Gasteiger partial charge in [-0.15, -0.1) is 11.3 Å². The van der Waals surface area contributed by atoms with Crippen molar-refractivity contribution >= 4 is 44.1 Å². The molecule has 0 N–H and O–H groups in total. The molecule has 146 valence electrons. The fourth-order valence-electron chi connectivity index (χ4n) is 2.92. The van der Waals surface area contributed by atoms with Gasteiger partial charge in [0.1, 0.15) is 5.60 Å². The number of nitrogens with zero attached hydrogens (tertiary/aromatic N) is 3. The van der Waals surface area contributed by atoms with Crippen molar-refractivity contribution in [2.24, 2.45) is 0 Å².